The van der Waals surface area contributed by atoms with Gasteiger partial charge in [-0.3, -0.25) is 0 Å². The van der Waals surface area contributed by atoms with Gasteiger partial charge in [0.2, 0.25) is 0 Å². The minimum atomic E-state index is -0.556. The minimum Gasteiger partial charge on any atom is -0.409 e. The fourth-order valence-corrected chi connectivity index (χ4v) is 1.60. The molecule has 1 unspecified atom stereocenters. The van der Waals surface area contributed by atoms with Crippen molar-refractivity contribution in [3.05, 3.63) is 35.1 Å². The molecule has 5 N–H and O–H groups in total. The van der Waals surface area contributed by atoms with Gasteiger partial charge in [-0.1, -0.05) is 17.3 Å². The summed E-state index contributed by atoms with van der Waals surface area (Å²) in [6.07, 6.45) is 0. The molecule has 1 atom stereocenters. The van der Waals surface area contributed by atoms with E-state index in [9.17, 15) is 4.39 Å². The summed E-state index contributed by atoms with van der Waals surface area (Å²) in [5.41, 5.74) is 5.77. The van der Waals surface area contributed by atoms with Crippen LogP contribution < -0.4 is 11.1 Å². The monoisotopic (exact) mass is 271 g/mol. The number of benzene rings is 1. The van der Waals surface area contributed by atoms with Gasteiger partial charge >= 0.3 is 0 Å². The molecule has 106 valence electrons. The van der Waals surface area contributed by atoms with Crippen molar-refractivity contribution in [1.82, 2.24) is 5.32 Å². The lowest BCUT2D eigenvalue weighted by molar-refractivity contribution is 0.128. The van der Waals surface area contributed by atoms with Crippen LogP contribution in [0.25, 0.3) is 0 Å². The lowest BCUT2D eigenvalue weighted by Gasteiger charge is -2.16. The van der Waals surface area contributed by atoms with Gasteiger partial charge in [0.25, 0.3) is 0 Å². The quantitative estimate of drug-likeness (QED) is 0.242. The number of hydrogen-bond donors (Lipinski definition) is 4. The minimum absolute atomic E-state index is 0.0362. The first-order valence-corrected chi connectivity index (χ1v) is 5.72. The number of ether oxygens (including phenoxy) is 1. The lowest BCUT2D eigenvalue weighted by atomic mass is 10.1. The first kappa shape index (κ1) is 15.4. The maximum absolute atomic E-state index is 14.0. The molecule has 0 amide bonds. The Morgan fingerprint density at radius 1 is 1.58 bits per heavy atom. The van der Waals surface area contributed by atoms with Crippen LogP contribution in [0.3, 0.4) is 0 Å². The van der Waals surface area contributed by atoms with Crippen molar-refractivity contribution in [3.63, 3.8) is 0 Å². The van der Waals surface area contributed by atoms with E-state index in [1.54, 1.807) is 12.1 Å². The van der Waals surface area contributed by atoms with E-state index >= 15 is 0 Å². The maximum atomic E-state index is 14.0. The first-order valence-electron chi connectivity index (χ1n) is 5.72. The number of rotatable bonds is 7. The standard InChI is InChI=1S/C12H18FN3O3/c1-19-7-9(6-17)15-5-8-3-2-4-10(11(8)13)12(14)16-18/h2-4,9,15,17-18H,5-7H2,1H3,(H2,14,16). The van der Waals surface area contributed by atoms with E-state index in [2.05, 4.69) is 10.5 Å². The van der Waals surface area contributed by atoms with Gasteiger partial charge in [-0.25, -0.2) is 4.39 Å². The normalized spacial score (nSPS) is 13.5. The van der Waals surface area contributed by atoms with Crippen LogP contribution in [0.1, 0.15) is 11.1 Å². The largest absolute Gasteiger partial charge is 0.409 e. The molecule has 0 aromatic heterocycles. The van der Waals surface area contributed by atoms with Crippen molar-refractivity contribution >= 4 is 5.84 Å². The molecular formula is C12H18FN3O3. The Kier molecular flexibility index (Phi) is 6.20. The number of nitrogens with zero attached hydrogens (tertiary/aromatic N) is 1. The third-order valence-electron chi connectivity index (χ3n) is 2.63. The van der Waals surface area contributed by atoms with Gasteiger partial charge in [-0.05, 0) is 6.07 Å². The van der Waals surface area contributed by atoms with Gasteiger partial charge in [-0.2, -0.15) is 0 Å². The van der Waals surface area contributed by atoms with Crippen molar-refractivity contribution in [2.75, 3.05) is 20.3 Å². The highest BCUT2D eigenvalue weighted by molar-refractivity contribution is 5.97. The smallest absolute Gasteiger partial charge is 0.173 e. The van der Waals surface area contributed by atoms with Gasteiger partial charge in [0.05, 0.1) is 24.8 Å². The Morgan fingerprint density at radius 3 is 2.89 bits per heavy atom. The number of amidine groups is 1. The molecule has 1 aromatic rings. The molecule has 1 aromatic carbocycles. The fourth-order valence-electron chi connectivity index (χ4n) is 1.60. The first-order chi connectivity index (χ1) is 9.13. The highest BCUT2D eigenvalue weighted by atomic mass is 19.1. The van der Waals surface area contributed by atoms with E-state index in [4.69, 9.17) is 20.8 Å². The number of oxime groups is 1. The molecule has 0 aliphatic heterocycles. The summed E-state index contributed by atoms with van der Waals surface area (Å²) in [7, 11) is 1.52. The number of methoxy groups -OCH3 is 1. The molecule has 7 heteroatoms. The van der Waals surface area contributed by atoms with Gasteiger partial charge in [-0.15, -0.1) is 0 Å². The molecule has 0 bridgehead atoms. The van der Waals surface area contributed by atoms with Crippen LogP contribution in [0.5, 0.6) is 0 Å². The Hall–Kier alpha value is -1.70. The van der Waals surface area contributed by atoms with Gasteiger partial charge in [0.1, 0.15) is 5.82 Å². The van der Waals surface area contributed by atoms with Crippen LogP contribution in [0, 0.1) is 5.82 Å². The molecule has 6 nitrogen and oxygen atoms in total. The van der Waals surface area contributed by atoms with E-state index in [1.165, 1.54) is 13.2 Å². The van der Waals surface area contributed by atoms with Crippen LogP contribution in [0.4, 0.5) is 4.39 Å². The maximum Gasteiger partial charge on any atom is 0.173 e. The number of halogens is 1. The second-order valence-electron chi connectivity index (χ2n) is 3.98. The highest BCUT2D eigenvalue weighted by Gasteiger charge is 2.13. The second-order valence-corrected chi connectivity index (χ2v) is 3.98. The molecule has 0 fully saturated rings. The van der Waals surface area contributed by atoms with Crippen LogP contribution in [0.2, 0.25) is 0 Å². The van der Waals surface area contributed by atoms with Gasteiger partial charge in [0.15, 0.2) is 5.84 Å². The summed E-state index contributed by atoms with van der Waals surface area (Å²) < 4.78 is 18.9. The number of nitrogens with two attached hydrogens (primary N) is 1. The number of aliphatic hydroxyl groups excluding tert-OH is 1. The Labute approximate surface area is 110 Å². The predicted octanol–water partition coefficient (Wildman–Crippen LogP) is 0.0171. The van der Waals surface area contributed by atoms with Crippen molar-refractivity contribution in [1.29, 1.82) is 0 Å². The van der Waals surface area contributed by atoms with Crippen molar-refractivity contribution in [2.24, 2.45) is 10.9 Å². The number of aliphatic hydroxyl groups is 1. The molecule has 0 saturated carbocycles. The van der Waals surface area contributed by atoms with Gasteiger partial charge < -0.3 is 26.1 Å². The predicted molar refractivity (Wildman–Crippen MR) is 68.5 cm³/mol. The van der Waals surface area contributed by atoms with E-state index in [1.807, 2.05) is 0 Å². The topological polar surface area (TPSA) is 100 Å². The molecule has 1 rings (SSSR count). The summed E-state index contributed by atoms with van der Waals surface area (Å²) in [6.45, 7) is 0.403. The average molecular weight is 271 g/mol. The Bertz CT molecular complexity index is 440. The molecule has 0 heterocycles. The third kappa shape index (κ3) is 4.16. The molecule has 0 radical (unpaired) electrons. The molecule has 0 aliphatic carbocycles. The molecule has 0 saturated heterocycles. The van der Waals surface area contributed by atoms with Crippen LogP contribution in [-0.2, 0) is 11.3 Å². The third-order valence-corrected chi connectivity index (χ3v) is 2.63. The molecule has 0 spiro atoms. The zero-order chi connectivity index (χ0) is 14.3. The molecule has 0 aliphatic rings. The average Bonchev–Trinajstić information content (AvgIpc) is 2.43. The summed E-state index contributed by atoms with van der Waals surface area (Å²) in [5, 5.41) is 23.4. The van der Waals surface area contributed by atoms with E-state index < -0.39 is 5.82 Å². The molecular weight excluding hydrogens is 253 g/mol. The van der Waals surface area contributed by atoms with Gasteiger partial charge in [0, 0.05) is 19.2 Å². The summed E-state index contributed by atoms with van der Waals surface area (Å²) in [5.74, 6) is -0.839. The Morgan fingerprint density at radius 2 is 2.32 bits per heavy atom. The highest BCUT2D eigenvalue weighted by Crippen LogP contribution is 2.13. The number of nitrogens with one attached hydrogen (secondary N) is 1. The van der Waals surface area contributed by atoms with Crippen LogP contribution >= 0.6 is 0 Å². The summed E-state index contributed by atoms with van der Waals surface area (Å²) in [4.78, 5) is 0. The Balaban J connectivity index is 2.79. The van der Waals surface area contributed by atoms with E-state index in [0.717, 1.165) is 0 Å². The van der Waals surface area contributed by atoms with Crippen molar-refractivity contribution in [3.8, 4) is 0 Å². The zero-order valence-corrected chi connectivity index (χ0v) is 10.6. The van der Waals surface area contributed by atoms with Crippen molar-refractivity contribution in [2.45, 2.75) is 12.6 Å². The van der Waals surface area contributed by atoms with E-state index in [0.29, 0.717) is 12.2 Å². The van der Waals surface area contributed by atoms with E-state index in [-0.39, 0.29) is 30.6 Å². The summed E-state index contributed by atoms with van der Waals surface area (Å²) in [6, 6.07) is 4.33. The fraction of sp³-hybridized carbons (Fsp3) is 0.417. The zero-order valence-electron chi connectivity index (χ0n) is 10.6. The van der Waals surface area contributed by atoms with Crippen LogP contribution in [0.15, 0.2) is 23.4 Å². The SMILES string of the molecule is COCC(CO)NCc1cccc(/C(N)=N/O)c1F. The van der Waals surface area contributed by atoms with Crippen molar-refractivity contribution < 1.29 is 19.4 Å². The van der Waals surface area contributed by atoms with Crippen LogP contribution in [-0.4, -0.2) is 42.5 Å². The lowest BCUT2D eigenvalue weighted by Crippen LogP contribution is -2.36. The summed E-state index contributed by atoms with van der Waals surface area (Å²) >= 11 is 0. The molecule has 19 heavy (non-hydrogen) atoms. The number of hydrogen-bond acceptors (Lipinski definition) is 5. The second kappa shape index (κ2) is 7.67.